The largest absolute Gasteiger partial charge is 0.616 e. The van der Waals surface area contributed by atoms with E-state index in [1.807, 2.05) is 0 Å². The van der Waals surface area contributed by atoms with E-state index in [2.05, 4.69) is 0 Å². The number of rotatable bonds is 2. The Hall–Kier alpha value is 0.00688. The minimum atomic E-state index is -5.16. The molecule has 0 saturated carbocycles. The Balaban J connectivity index is 3.15. The molecule has 0 spiro atoms. The summed E-state index contributed by atoms with van der Waals surface area (Å²) in [4.78, 5) is 0. The van der Waals surface area contributed by atoms with E-state index in [-0.39, 0.29) is 6.42 Å². The lowest BCUT2D eigenvalue weighted by Gasteiger charge is -1.94. The van der Waals surface area contributed by atoms with Crippen LogP contribution in [-0.2, 0) is 0 Å². The van der Waals surface area contributed by atoms with Crippen molar-refractivity contribution >= 4 is 9.08 Å². The molecule has 0 saturated heterocycles. The molecule has 0 fully saturated rings. The van der Waals surface area contributed by atoms with E-state index in [1.165, 1.54) is 0 Å². The average Bonchev–Trinajstić information content (AvgIpc) is 1.30. The molecule has 0 amide bonds. The van der Waals surface area contributed by atoms with E-state index in [4.69, 9.17) is 0 Å². The second kappa shape index (κ2) is 2.35. The van der Waals surface area contributed by atoms with Gasteiger partial charge < -0.3 is 0 Å². The Labute approximate surface area is 41.9 Å². The molecular formula is C3H7F3Si. The highest BCUT2D eigenvalue weighted by Crippen LogP contribution is 2.15. The Kier molecular flexibility index (Phi) is 2.35. The number of hydrogen-bond acceptors (Lipinski definition) is 0. The Bertz CT molecular complexity index is 48.6. The smallest absolute Gasteiger partial charge is 0.238 e. The highest BCUT2D eigenvalue weighted by Gasteiger charge is 2.34. The van der Waals surface area contributed by atoms with E-state index < -0.39 is 15.1 Å². The molecule has 0 heterocycles. The third kappa shape index (κ3) is 6.01. The molecule has 4 heteroatoms. The van der Waals surface area contributed by atoms with Gasteiger partial charge in [-0.1, -0.05) is 13.3 Å². The van der Waals surface area contributed by atoms with Crippen molar-refractivity contribution in [1.82, 2.24) is 0 Å². The van der Waals surface area contributed by atoms with E-state index >= 15 is 0 Å². The van der Waals surface area contributed by atoms with E-state index in [9.17, 15) is 12.3 Å². The first kappa shape index (κ1) is 7.01. The lowest BCUT2D eigenvalue weighted by Crippen LogP contribution is -2.12. The first-order valence-electron chi connectivity index (χ1n) is 2.13. The first-order valence-corrected chi connectivity index (χ1v) is 3.97. The van der Waals surface area contributed by atoms with Gasteiger partial charge in [-0.2, -0.15) is 0 Å². The molecular weight excluding hydrogens is 121 g/mol. The average molecular weight is 128 g/mol. The maximum Gasteiger partial charge on any atom is 0.616 e. The Morgan fingerprint density at radius 3 is 1.71 bits per heavy atom. The van der Waals surface area contributed by atoms with Crippen molar-refractivity contribution in [1.29, 1.82) is 0 Å². The summed E-state index contributed by atoms with van der Waals surface area (Å²) in [6.07, 6.45) is 0.246. The SMILES string of the molecule is CCC[Si](F)(F)F. The molecule has 0 aromatic rings. The van der Waals surface area contributed by atoms with Crippen LogP contribution in [0.5, 0.6) is 0 Å². The first-order chi connectivity index (χ1) is 3.06. The van der Waals surface area contributed by atoms with Crippen molar-refractivity contribution in [2.75, 3.05) is 0 Å². The maximum atomic E-state index is 11.2. The molecule has 0 atom stereocenters. The molecule has 0 aliphatic heterocycles. The highest BCUT2D eigenvalue weighted by molar-refractivity contribution is 6.58. The summed E-state index contributed by atoms with van der Waals surface area (Å²) >= 11 is 0. The lowest BCUT2D eigenvalue weighted by atomic mass is 10.6. The van der Waals surface area contributed by atoms with Gasteiger partial charge in [0.1, 0.15) is 0 Å². The molecule has 0 aromatic carbocycles. The fraction of sp³-hybridized carbons (Fsp3) is 1.00. The molecule has 0 aromatic heterocycles. The quantitative estimate of drug-likeness (QED) is 0.395. The van der Waals surface area contributed by atoms with Gasteiger partial charge in [0.25, 0.3) is 0 Å². The predicted octanol–water partition coefficient (Wildman–Crippen LogP) is 2.24. The topological polar surface area (TPSA) is 0 Å². The van der Waals surface area contributed by atoms with Crippen molar-refractivity contribution in [3.63, 3.8) is 0 Å². The van der Waals surface area contributed by atoms with Crippen LogP contribution in [0.4, 0.5) is 12.3 Å². The predicted molar refractivity (Wildman–Crippen MR) is 24.2 cm³/mol. The van der Waals surface area contributed by atoms with Gasteiger partial charge in [-0.25, -0.2) is 12.3 Å². The minimum Gasteiger partial charge on any atom is -0.238 e. The zero-order valence-electron chi connectivity index (χ0n) is 4.05. The summed E-state index contributed by atoms with van der Waals surface area (Å²) in [7, 11) is -5.16. The van der Waals surface area contributed by atoms with Gasteiger partial charge in [-0.05, 0) is 0 Å². The molecule has 0 N–H and O–H groups in total. The van der Waals surface area contributed by atoms with E-state index in [0.717, 1.165) is 0 Å². The van der Waals surface area contributed by atoms with Crippen LogP contribution >= 0.6 is 0 Å². The van der Waals surface area contributed by atoms with Gasteiger partial charge in [0.15, 0.2) is 0 Å². The van der Waals surface area contributed by atoms with Crippen LogP contribution in [0, 0.1) is 0 Å². The molecule has 0 nitrogen and oxygen atoms in total. The van der Waals surface area contributed by atoms with Crippen molar-refractivity contribution in [3.05, 3.63) is 0 Å². The summed E-state index contributed by atoms with van der Waals surface area (Å²) in [5, 5.41) is 0. The number of hydrogen-bond donors (Lipinski definition) is 0. The Morgan fingerprint density at radius 2 is 1.71 bits per heavy atom. The molecule has 0 unspecified atom stereocenters. The van der Waals surface area contributed by atoms with Crippen LogP contribution in [0.15, 0.2) is 0 Å². The zero-order chi connectivity index (χ0) is 5.91. The van der Waals surface area contributed by atoms with Crippen molar-refractivity contribution < 1.29 is 12.3 Å². The second-order valence-corrected chi connectivity index (χ2v) is 3.10. The minimum absolute atomic E-state index is 0.246. The molecule has 0 bridgehead atoms. The van der Waals surface area contributed by atoms with Gasteiger partial charge in [-0.15, -0.1) is 0 Å². The summed E-state index contributed by atoms with van der Waals surface area (Å²) in [6, 6.07) is -0.521. The number of halogens is 3. The fourth-order valence-corrected chi connectivity index (χ4v) is 0.850. The Morgan fingerprint density at radius 1 is 1.29 bits per heavy atom. The molecule has 0 radical (unpaired) electrons. The summed E-state index contributed by atoms with van der Waals surface area (Å²) in [5.74, 6) is 0. The fourth-order valence-electron chi connectivity index (χ4n) is 0.283. The van der Waals surface area contributed by atoms with Crippen LogP contribution in [0.1, 0.15) is 13.3 Å². The molecule has 0 rings (SSSR count). The summed E-state index contributed by atoms with van der Waals surface area (Å²) in [6.45, 7) is 1.54. The molecule has 0 aliphatic carbocycles. The van der Waals surface area contributed by atoms with Gasteiger partial charge in [-0.3, -0.25) is 0 Å². The van der Waals surface area contributed by atoms with E-state index in [1.54, 1.807) is 6.92 Å². The third-order valence-electron chi connectivity index (χ3n) is 0.533. The van der Waals surface area contributed by atoms with Gasteiger partial charge in [0.2, 0.25) is 0 Å². The normalized spacial score (nSPS) is 12.0. The zero-order valence-corrected chi connectivity index (χ0v) is 5.05. The monoisotopic (exact) mass is 128 g/mol. The van der Waals surface area contributed by atoms with E-state index in [0.29, 0.717) is 0 Å². The van der Waals surface area contributed by atoms with Crippen molar-refractivity contribution in [3.8, 4) is 0 Å². The summed E-state index contributed by atoms with van der Waals surface area (Å²) in [5.41, 5.74) is 0. The van der Waals surface area contributed by atoms with Gasteiger partial charge in [0.05, 0.1) is 0 Å². The van der Waals surface area contributed by atoms with Crippen molar-refractivity contribution in [2.24, 2.45) is 0 Å². The second-order valence-electron chi connectivity index (χ2n) is 1.37. The molecule has 7 heavy (non-hydrogen) atoms. The van der Waals surface area contributed by atoms with Gasteiger partial charge in [0, 0.05) is 6.04 Å². The molecule has 0 aliphatic rings. The van der Waals surface area contributed by atoms with Crippen molar-refractivity contribution in [2.45, 2.75) is 19.4 Å². The lowest BCUT2D eigenvalue weighted by molar-refractivity contribution is 0.466. The van der Waals surface area contributed by atoms with Crippen LogP contribution in [-0.4, -0.2) is 9.08 Å². The van der Waals surface area contributed by atoms with Crippen LogP contribution in [0.2, 0.25) is 6.04 Å². The standard InChI is InChI=1S/C3H7F3Si/c1-2-3-7(4,5)6/h2-3H2,1H3. The van der Waals surface area contributed by atoms with Gasteiger partial charge >= 0.3 is 9.08 Å². The van der Waals surface area contributed by atoms with Crippen LogP contribution < -0.4 is 0 Å². The van der Waals surface area contributed by atoms with Crippen LogP contribution in [0.3, 0.4) is 0 Å². The third-order valence-corrected chi connectivity index (χ3v) is 1.60. The maximum absolute atomic E-state index is 11.2. The molecule has 44 valence electrons. The van der Waals surface area contributed by atoms with Crippen LogP contribution in [0.25, 0.3) is 0 Å². The summed E-state index contributed by atoms with van der Waals surface area (Å²) < 4.78 is 33.6. The highest BCUT2D eigenvalue weighted by atomic mass is 28.5.